The Balaban J connectivity index is 0.00000200. The van der Waals surface area contributed by atoms with Gasteiger partial charge in [-0.05, 0) is 44.0 Å². The van der Waals surface area contributed by atoms with Gasteiger partial charge in [0.05, 0.1) is 15.5 Å². The predicted octanol–water partition coefficient (Wildman–Crippen LogP) is 2.97. The molecule has 20 heavy (non-hydrogen) atoms. The zero-order valence-electron chi connectivity index (χ0n) is 10.7. The zero-order valence-corrected chi connectivity index (χ0v) is 14.7. The quantitative estimate of drug-likeness (QED) is 0.777. The van der Waals surface area contributed by atoms with Crippen LogP contribution in [0.4, 0.5) is 5.69 Å². The summed E-state index contributed by atoms with van der Waals surface area (Å²) in [5, 5.41) is 5.86. The first-order chi connectivity index (χ1) is 9.06. The van der Waals surface area contributed by atoms with E-state index in [9.17, 15) is 4.79 Å². The van der Waals surface area contributed by atoms with E-state index in [1.807, 2.05) is 0 Å². The van der Waals surface area contributed by atoms with Crippen molar-refractivity contribution in [3.05, 3.63) is 21.1 Å². The molecule has 1 aromatic carbocycles. The molecule has 0 radical (unpaired) electrons. The Labute approximate surface area is 140 Å². The van der Waals surface area contributed by atoms with Crippen molar-refractivity contribution < 1.29 is 9.53 Å². The van der Waals surface area contributed by atoms with Crippen molar-refractivity contribution in [1.82, 2.24) is 5.32 Å². The van der Waals surface area contributed by atoms with Gasteiger partial charge < -0.3 is 15.4 Å². The molecule has 1 aliphatic heterocycles. The molecule has 5 nitrogen and oxygen atoms in total. The summed E-state index contributed by atoms with van der Waals surface area (Å²) < 4.78 is 7.25. The molecule has 0 bridgehead atoms. The number of carbonyl (C=O) groups excluding carboxylic acids is 1. The van der Waals surface area contributed by atoms with Crippen LogP contribution in [0.25, 0.3) is 0 Å². The van der Waals surface area contributed by atoms with Gasteiger partial charge in [0.15, 0.2) is 0 Å². The Hall–Kier alpha value is -0.790. The van der Waals surface area contributed by atoms with Crippen LogP contribution < -0.4 is 15.4 Å². The molecule has 2 N–H and O–H groups in total. The average Bonchev–Trinajstić information content (AvgIpc) is 2.79. The first-order valence-corrected chi connectivity index (χ1v) is 7.31. The van der Waals surface area contributed by atoms with Crippen molar-refractivity contribution in [2.45, 2.75) is 6.92 Å². The zero-order chi connectivity index (χ0) is 13.8. The third kappa shape index (κ3) is 4.64. The van der Waals surface area contributed by atoms with Gasteiger partial charge in [-0.25, -0.2) is 0 Å². The minimum absolute atomic E-state index is 0. The fourth-order valence-electron chi connectivity index (χ4n) is 1.66. The maximum absolute atomic E-state index is 11.0. The number of nitrogens with one attached hydrogen (secondary N) is 2. The third-order valence-corrected chi connectivity index (χ3v) is 3.59. The monoisotopic (exact) mass is 425 g/mol. The number of amides is 1. The number of nitrogens with zero attached hydrogens (tertiary/aromatic N) is 1. The molecule has 1 amide bonds. The van der Waals surface area contributed by atoms with E-state index in [1.54, 1.807) is 12.1 Å². The number of aliphatic imine (C=N–C) groups is 1. The fourth-order valence-corrected chi connectivity index (χ4v) is 3.07. The molecule has 0 unspecified atom stereocenters. The highest BCUT2D eigenvalue weighted by Crippen LogP contribution is 2.36. The molecule has 110 valence electrons. The van der Waals surface area contributed by atoms with Gasteiger partial charge in [-0.3, -0.25) is 9.79 Å². The molecule has 2 rings (SSSR count). The molecule has 0 atom stereocenters. The smallest absolute Gasteiger partial charge is 0.221 e. The number of carbonyl (C=O) groups is 1. The summed E-state index contributed by atoms with van der Waals surface area (Å²) in [6.45, 7) is 3.53. The Morgan fingerprint density at radius 2 is 2.10 bits per heavy atom. The average molecular weight is 428 g/mol. The first kappa shape index (κ1) is 17.3. The van der Waals surface area contributed by atoms with E-state index < -0.39 is 0 Å². The molecule has 1 heterocycles. The van der Waals surface area contributed by atoms with Crippen molar-refractivity contribution >= 4 is 61.7 Å². The molecule has 1 aromatic rings. The lowest BCUT2D eigenvalue weighted by atomic mass is 10.3. The van der Waals surface area contributed by atoms with Crippen molar-refractivity contribution in [3.63, 3.8) is 0 Å². The summed E-state index contributed by atoms with van der Waals surface area (Å²) >= 11 is 6.86. The third-order valence-electron chi connectivity index (χ3n) is 2.42. The number of halogens is 3. The van der Waals surface area contributed by atoms with Crippen LogP contribution >= 0.6 is 44.3 Å². The summed E-state index contributed by atoms with van der Waals surface area (Å²) in [5.41, 5.74) is 0.704. The van der Waals surface area contributed by atoms with Crippen LogP contribution in [0.1, 0.15) is 6.92 Å². The molecule has 0 fully saturated rings. The summed E-state index contributed by atoms with van der Waals surface area (Å²) in [6.07, 6.45) is 0. The van der Waals surface area contributed by atoms with Crippen molar-refractivity contribution in [2.75, 3.05) is 25.0 Å². The summed E-state index contributed by atoms with van der Waals surface area (Å²) in [7, 11) is 0. The van der Waals surface area contributed by atoms with E-state index >= 15 is 0 Å². The lowest BCUT2D eigenvalue weighted by Crippen LogP contribution is -2.25. The van der Waals surface area contributed by atoms with Crippen molar-refractivity contribution in [2.24, 2.45) is 4.99 Å². The molecular weight excluding hydrogens is 413 g/mol. The van der Waals surface area contributed by atoms with Crippen LogP contribution in [0.3, 0.4) is 0 Å². The van der Waals surface area contributed by atoms with Gasteiger partial charge in [0.25, 0.3) is 0 Å². The topological polar surface area (TPSA) is 62.7 Å². The number of anilines is 1. The number of ether oxygens (including phenoxy) is 1. The minimum atomic E-state index is -0.114. The van der Waals surface area contributed by atoms with Crippen LogP contribution in [0.5, 0.6) is 5.75 Å². The maximum Gasteiger partial charge on any atom is 0.221 e. The fraction of sp³-hybridized carbons (Fsp3) is 0.333. The molecule has 0 saturated heterocycles. The highest BCUT2D eigenvalue weighted by Gasteiger charge is 2.12. The Morgan fingerprint density at radius 3 is 2.60 bits per heavy atom. The van der Waals surface area contributed by atoms with E-state index in [4.69, 9.17) is 4.74 Å². The van der Waals surface area contributed by atoms with Gasteiger partial charge in [0.1, 0.15) is 18.2 Å². The van der Waals surface area contributed by atoms with E-state index in [1.165, 1.54) is 6.92 Å². The van der Waals surface area contributed by atoms with Gasteiger partial charge in [0.2, 0.25) is 5.91 Å². The lowest BCUT2D eigenvalue weighted by molar-refractivity contribution is -0.114. The Morgan fingerprint density at radius 1 is 1.45 bits per heavy atom. The largest absolute Gasteiger partial charge is 0.483 e. The van der Waals surface area contributed by atoms with E-state index in [2.05, 4.69) is 47.5 Å². The minimum Gasteiger partial charge on any atom is -0.483 e. The molecule has 0 aliphatic carbocycles. The second-order valence-electron chi connectivity index (χ2n) is 3.99. The Bertz CT molecular complexity index is 514. The maximum atomic E-state index is 11.0. The summed E-state index contributed by atoms with van der Waals surface area (Å²) in [5.74, 6) is 1.42. The number of rotatable bonds is 4. The van der Waals surface area contributed by atoms with E-state index in [0.717, 1.165) is 27.9 Å². The van der Waals surface area contributed by atoms with Crippen molar-refractivity contribution in [1.29, 1.82) is 0 Å². The molecule has 0 saturated carbocycles. The number of hydrogen-bond acceptors (Lipinski definition) is 4. The number of benzene rings is 1. The summed E-state index contributed by atoms with van der Waals surface area (Å²) in [4.78, 5) is 15.3. The van der Waals surface area contributed by atoms with Crippen LogP contribution in [0.2, 0.25) is 0 Å². The normalized spacial score (nSPS) is 13.1. The van der Waals surface area contributed by atoms with Crippen molar-refractivity contribution in [3.8, 4) is 5.75 Å². The SMILES string of the molecule is CC(=O)Nc1cc(Br)c(OCC2=NCCN2)c(Br)c1.Cl. The van der Waals surface area contributed by atoms with Gasteiger partial charge in [-0.2, -0.15) is 0 Å². The van der Waals surface area contributed by atoms with Gasteiger partial charge in [-0.15, -0.1) is 12.4 Å². The van der Waals surface area contributed by atoms with E-state index in [0.29, 0.717) is 18.0 Å². The van der Waals surface area contributed by atoms with Gasteiger partial charge in [0, 0.05) is 19.2 Å². The Kier molecular flexibility index (Phi) is 6.78. The number of amidine groups is 1. The standard InChI is InChI=1S/C12H13Br2N3O2.ClH/c1-7(18)17-8-4-9(13)12(10(14)5-8)19-6-11-15-2-3-16-11;/h4-5H,2-3,6H2,1H3,(H,15,16)(H,17,18);1H. The molecule has 0 spiro atoms. The molecule has 0 aromatic heterocycles. The highest BCUT2D eigenvalue weighted by molar-refractivity contribution is 9.11. The highest BCUT2D eigenvalue weighted by atomic mass is 79.9. The number of hydrogen-bond donors (Lipinski definition) is 2. The predicted molar refractivity (Wildman–Crippen MR) is 89.2 cm³/mol. The van der Waals surface area contributed by atoms with Gasteiger partial charge in [-0.1, -0.05) is 0 Å². The molecule has 8 heteroatoms. The second-order valence-corrected chi connectivity index (χ2v) is 5.70. The van der Waals surface area contributed by atoms with Crippen LogP contribution in [-0.4, -0.2) is 31.4 Å². The molecular formula is C12H14Br2ClN3O2. The van der Waals surface area contributed by atoms with Crippen LogP contribution in [0, 0.1) is 0 Å². The van der Waals surface area contributed by atoms with Crippen LogP contribution in [-0.2, 0) is 4.79 Å². The second kappa shape index (κ2) is 7.85. The summed E-state index contributed by atoms with van der Waals surface area (Å²) in [6, 6.07) is 3.59. The van der Waals surface area contributed by atoms with Gasteiger partial charge >= 0.3 is 0 Å². The molecule has 1 aliphatic rings. The van der Waals surface area contributed by atoms with E-state index in [-0.39, 0.29) is 18.3 Å². The van der Waals surface area contributed by atoms with Crippen LogP contribution in [0.15, 0.2) is 26.1 Å². The lowest BCUT2D eigenvalue weighted by Gasteiger charge is -2.12. The first-order valence-electron chi connectivity index (χ1n) is 5.73.